The smallest absolute Gasteiger partial charge is 0.313 e. The molecule has 0 atom stereocenters. The standard InChI is InChI=1S/C19H22FN3O2/c1-23(2)17-10-8-14(9-11-17)5-4-12-21-18(24)19(25)22-16-7-3-6-15(20)13-16/h3,6-11,13H,4-5,12H2,1-2H3,(H,21,24)(H,22,25). The van der Waals surface area contributed by atoms with Gasteiger partial charge in [0.1, 0.15) is 5.82 Å². The molecule has 25 heavy (non-hydrogen) atoms. The largest absolute Gasteiger partial charge is 0.378 e. The van der Waals surface area contributed by atoms with Gasteiger partial charge in [-0.2, -0.15) is 0 Å². The highest BCUT2D eigenvalue weighted by Crippen LogP contribution is 2.13. The molecule has 6 heteroatoms. The van der Waals surface area contributed by atoms with Gasteiger partial charge in [0, 0.05) is 32.0 Å². The fourth-order valence-electron chi connectivity index (χ4n) is 2.29. The Bertz CT molecular complexity index is 730. The lowest BCUT2D eigenvalue weighted by Gasteiger charge is -2.12. The van der Waals surface area contributed by atoms with Crippen molar-refractivity contribution >= 4 is 23.2 Å². The van der Waals surface area contributed by atoms with Crippen LogP contribution in [0, 0.1) is 5.82 Å². The molecular weight excluding hydrogens is 321 g/mol. The molecule has 2 aromatic carbocycles. The Morgan fingerprint density at radius 1 is 1.04 bits per heavy atom. The molecular formula is C19H22FN3O2. The van der Waals surface area contributed by atoms with Gasteiger partial charge in [0.2, 0.25) is 0 Å². The summed E-state index contributed by atoms with van der Waals surface area (Å²) < 4.78 is 13.0. The SMILES string of the molecule is CN(C)c1ccc(CCCNC(=O)C(=O)Nc2cccc(F)c2)cc1. The van der Waals surface area contributed by atoms with Crippen molar-refractivity contribution in [2.24, 2.45) is 0 Å². The van der Waals surface area contributed by atoms with E-state index in [0.717, 1.165) is 24.6 Å². The first kappa shape index (κ1) is 18.4. The molecule has 0 heterocycles. The molecule has 0 fully saturated rings. The fourth-order valence-corrected chi connectivity index (χ4v) is 2.29. The lowest BCUT2D eigenvalue weighted by molar-refractivity contribution is -0.136. The average Bonchev–Trinajstić information content (AvgIpc) is 2.59. The van der Waals surface area contributed by atoms with Crippen molar-refractivity contribution in [2.75, 3.05) is 30.9 Å². The minimum Gasteiger partial charge on any atom is -0.378 e. The minimum atomic E-state index is -0.805. The van der Waals surface area contributed by atoms with Gasteiger partial charge in [-0.3, -0.25) is 9.59 Å². The Labute approximate surface area is 146 Å². The highest BCUT2D eigenvalue weighted by atomic mass is 19.1. The van der Waals surface area contributed by atoms with E-state index >= 15 is 0 Å². The number of hydrogen-bond acceptors (Lipinski definition) is 3. The summed E-state index contributed by atoms with van der Waals surface area (Å²) in [6.45, 7) is 0.394. The molecule has 0 spiro atoms. The molecule has 2 amide bonds. The van der Waals surface area contributed by atoms with Crippen LogP contribution in [0.5, 0.6) is 0 Å². The Kier molecular flexibility index (Phi) is 6.51. The number of carbonyl (C=O) groups is 2. The van der Waals surface area contributed by atoms with Gasteiger partial charge in [0.25, 0.3) is 0 Å². The normalized spacial score (nSPS) is 10.2. The van der Waals surface area contributed by atoms with Crippen LogP contribution in [0.25, 0.3) is 0 Å². The van der Waals surface area contributed by atoms with Gasteiger partial charge in [0.15, 0.2) is 0 Å². The number of carbonyl (C=O) groups excluding carboxylic acids is 2. The fraction of sp³-hybridized carbons (Fsp3) is 0.263. The maximum atomic E-state index is 13.0. The molecule has 0 unspecified atom stereocenters. The topological polar surface area (TPSA) is 61.4 Å². The second kappa shape index (κ2) is 8.82. The van der Waals surface area contributed by atoms with Gasteiger partial charge in [-0.1, -0.05) is 18.2 Å². The molecule has 0 aliphatic rings. The summed E-state index contributed by atoms with van der Waals surface area (Å²) in [5.74, 6) is -2.01. The van der Waals surface area contributed by atoms with Gasteiger partial charge in [0.05, 0.1) is 0 Å². The van der Waals surface area contributed by atoms with E-state index in [-0.39, 0.29) is 5.69 Å². The van der Waals surface area contributed by atoms with E-state index in [1.54, 1.807) is 0 Å². The zero-order valence-corrected chi connectivity index (χ0v) is 14.4. The van der Waals surface area contributed by atoms with Crippen LogP contribution < -0.4 is 15.5 Å². The second-order valence-electron chi connectivity index (χ2n) is 5.88. The first-order valence-electron chi connectivity index (χ1n) is 8.07. The molecule has 2 aromatic rings. The van der Waals surface area contributed by atoms with E-state index in [1.807, 2.05) is 43.3 Å². The number of aryl methyl sites for hydroxylation is 1. The zero-order valence-electron chi connectivity index (χ0n) is 14.4. The predicted molar refractivity (Wildman–Crippen MR) is 97.1 cm³/mol. The van der Waals surface area contributed by atoms with E-state index in [9.17, 15) is 14.0 Å². The third kappa shape index (κ3) is 5.91. The summed E-state index contributed by atoms with van der Waals surface area (Å²) in [4.78, 5) is 25.5. The summed E-state index contributed by atoms with van der Waals surface area (Å²) in [7, 11) is 3.97. The molecule has 0 saturated carbocycles. The summed E-state index contributed by atoms with van der Waals surface area (Å²) in [6.07, 6.45) is 1.53. The first-order chi connectivity index (χ1) is 12.0. The number of nitrogens with one attached hydrogen (secondary N) is 2. The second-order valence-corrected chi connectivity index (χ2v) is 5.88. The first-order valence-corrected chi connectivity index (χ1v) is 8.07. The maximum Gasteiger partial charge on any atom is 0.313 e. The van der Waals surface area contributed by atoms with Crippen molar-refractivity contribution in [1.29, 1.82) is 0 Å². The van der Waals surface area contributed by atoms with Crippen LogP contribution in [0.3, 0.4) is 0 Å². The zero-order chi connectivity index (χ0) is 18.2. The van der Waals surface area contributed by atoms with Crippen molar-refractivity contribution in [3.63, 3.8) is 0 Å². The van der Waals surface area contributed by atoms with Crippen LogP contribution in [0.4, 0.5) is 15.8 Å². The molecule has 0 saturated heterocycles. The van der Waals surface area contributed by atoms with Crippen molar-refractivity contribution in [3.8, 4) is 0 Å². The molecule has 5 nitrogen and oxygen atoms in total. The molecule has 0 aliphatic carbocycles. The number of hydrogen-bond donors (Lipinski definition) is 2. The van der Waals surface area contributed by atoms with E-state index in [0.29, 0.717) is 6.54 Å². The van der Waals surface area contributed by atoms with Crippen molar-refractivity contribution in [1.82, 2.24) is 5.32 Å². The summed E-state index contributed by atoms with van der Waals surface area (Å²) in [5.41, 5.74) is 2.55. The molecule has 0 aromatic heterocycles. The maximum absolute atomic E-state index is 13.0. The van der Waals surface area contributed by atoms with Crippen molar-refractivity contribution in [3.05, 3.63) is 59.9 Å². The monoisotopic (exact) mass is 343 g/mol. The lowest BCUT2D eigenvalue weighted by atomic mass is 10.1. The van der Waals surface area contributed by atoms with Crippen LogP contribution in [-0.2, 0) is 16.0 Å². The van der Waals surface area contributed by atoms with Crippen molar-refractivity contribution < 1.29 is 14.0 Å². The van der Waals surface area contributed by atoms with E-state index in [2.05, 4.69) is 10.6 Å². The lowest BCUT2D eigenvalue weighted by Crippen LogP contribution is -2.36. The van der Waals surface area contributed by atoms with Crippen molar-refractivity contribution in [2.45, 2.75) is 12.8 Å². The van der Waals surface area contributed by atoms with Crippen LogP contribution in [0.15, 0.2) is 48.5 Å². The van der Waals surface area contributed by atoms with Gasteiger partial charge >= 0.3 is 11.8 Å². The van der Waals surface area contributed by atoms with Gasteiger partial charge < -0.3 is 15.5 Å². The number of amides is 2. The van der Waals surface area contributed by atoms with Crippen LogP contribution in [0.1, 0.15) is 12.0 Å². The summed E-state index contributed by atoms with van der Waals surface area (Å²) in [6, 6.07) is 13.6. The molecule has 2 rings (SSSR count). The number of halogens is 1. The van der Waals surface area contributed by atoms with Gasteiger partial charge in [-0.25, -0.2) is 4.39 Å². The molecule has 0 aliphatic heterocycles. The Balaban J connectivity index is 1.71. The third-order valence-electron chi connectivity index (χ3n) is 3.67. The van der Waals surface area contributed by atoms with Crippen LogP contribution >= 0.6 is 0 Å². The minimum absolute atomic E-state index is 0.251. The van der Waals surface area contributed by atoms with Gasteiger partial charge in [-0.15, -0.1) is 0 Å². The molecule has 0 bridgehead atoms. The summed E-state index contributed by atoms with van der Waals surface area (Å²) in [5, 5.41) is 4.93. The highest BCUT2D eigenvalue weighted by molar-refractivity contribution is 6.39. The highest BCUT2D eigenvalue weighted by Gasteiger charge is 2.13. The Morgan fingerprint density at radius 3 is 2.40 bits per heavy atom. The number of benzene rings is 2. The van der Waals surface area contributed by atoms with Gasteiger partial charge in [-0.05, 0) is 48.7 Å². The van der Waals surface area contributed by atoms with Crippen LogP contribution in [-0.4, -0.2) is 32.5 Å². The number of anilines is 2. The van der Waals surface area contributed by atoms with E-state index in [4.69, 9.17) is 0 Å². The van der Waals surface area contributed by atoms with Crippen LogP contribution in [0.2, 0.25) is 0 Å². The molecule has 2 N–H and O–H groups in total. The van der Waals surface area contributed by atoms with E-state index in [1.165, 1.54) is 23.8 Å². The quantitative estimate of drug-likeness (QED) is 0.626. The Morgan fingerprint density at radius 2 is 1.76 bits per heavy atom. The van der Waals surface area contributed by atoms with E-state index < -0.39 is 17.6 Å². The molecule has 0 radical (unpaired) electrons. The predicted octanol–water partition coefficient (Wildman–Crippen LogP) is 2.58. The number of rotatable bonds is 6. The Hall–Kier alpha value is -2.89. The third-order valence-corrected chi connectivity index (χ3v) is 3.67. The average molecular weight is 343 g/mol. The summed E-state index contributed by atoms with van der Waals surface area (Å²) >= 11 is 0. The molecule has 132 valence electrons. The number of nitrogens with zero attached hydrogens (tertiary/aromatic N) is 1.